The molecular formula is C26H33N3O5S. The van der Waals surface area contributed by atoms with E-state index in [0.717, 1.165) is 45.3 Å². The summed E-state index contributed by atoms with van der Waals surface area (Å²) >= 11 is 0. The number of piperazine rings is 1. The number of hydrogen-bond acceptors (Lipinski definition) is 6. The molecule has 0 N–H and O–H groups in total. The second-order valence-electron chi connectivity index (χ2n) is 9.43. The maximum Gasteiger partial charge on any atom is 0.267 e. The van der Waals surface area contributed by atoms with E-state index in [4.69, 9.17) is 9.47 Å². The van der Waals surface area contributed by atoms with Crippen LogP contribution in [0.3, 0.4) is 0 Å². The van der Waals surface area contributed by atoms with Gasteiger partial charge in [-0.2, -0.15) is 4.31 Å². The van der Waals surface area contributed by atoms with E-state index in [1.54, 1.807) is 12.1 Å². The van der Waals surface area contributed by atoms with Crippen LogP contribution < -0.4 is 9.47 Å². The number of likely N-dealkylation sites (tertiary alicyclic amines) is 1. The van der Waals surface area contributed by atoms with Gasteiger partial charge in [-0.1, -0.05) is 43.2 Å². The van der Waals surface area contributed by atoms with Gasteiger partial charge >= 0.3 is 0 Å². The van der Waals surface area contributed by atoms with E-state index in [9.17, 15) is 13.2 Å². The van der Waals surface area contributed by atoms with Gasteiger partial charge in [0.15, 0.2) is 11.5 Å². The van der Waals surface area contributed by atoms with Crippen LogP contribution in [0.5, 0.6) is 11.5 Å². The molecular weight excluding hydrogens is 466 g/mol. The Hall–Kier alpha value is -2.62. The molecule has 9 heteroatoms. The minimum atomic E-state index is -3.65. The molecule has 2 aromatic carbocycles. The molecule has 1 atom stereocenters. The van der Waals surface area contributed by atoms with Crippen molar-refractivity contribution in [2.45, 2.75) is 43.2 Å². The van der Waals surface area contributed by atoms with Crippen molar-refractivity contribution in [1.29, 1.82) is 0 Å². The lowest BCUT2D eigenvalue weighted by Gasteiger charge is -2.34. The number of carbonyl (C=O) groups is 1. The van der Waals surface area contributed by atoms with Crippen LogP contribution in [0.4, 0.5) is 0 Å². The molecule has 0 unspecified atom stereocenters. The lowest BCUT2D eigenvalue weighted by Crippen LogP contribution is -2.48. The summed E-state index contributed by atoms with van der Waals surface area (Å²) in [5.74, 6) is 0.729. The summed E-state index contributed by atoms with van der Waals surface area (Å²) in [7, 11) is -3.65. The molecule has 8 nitrogen and oxygen atoms in total. The topological polar surface area (TPSA) is 79.4 Å². The van der Waals surface area contributed by atoms with Gasteiger partial charge in [-0.25, -0.2) is 8.42 Å². The van der Waals surface area contributed by atoms with Gasteiger partial charge in [-0.05, 0) is 30.5 Å². The zero-order valence-corrected chi connectivity index (χ0v) is 20.8. The Morgan fingerprint density at radius 2 is 1.57 bits per heavy atom. The fourth-order valence-electron chi connectivity index (χ4n) is 4.95. The quantitative estimate of drug-likeness (QED) is 0.630. The highest BCUT2D eigenvalue weighted by molar-refractivity contribution is 7.89. The van der Waals surface area contributed by atoms with Gasteiger partial charge in [-0.3, -0.25) is 9.69 Å². The molecule has 0 aliphatic carbocycles. The third-order valence-electron chi connectivity index (χ3n) is 6.99. The minimum Gasteiger partial charge on any atom is -0.485 e. The largest absolute Gasteiger partial charge is 0.485 e. The molecule has 0 saturated carbocycles. The SMILES string of the molecule is O=C([C@H]1COc2cc(S(=O)(=O)N3CCN(Cc4ccccc4)CC3)ccc2O1)N1CCCCCC1. The second-order valence-corrected chi connectivity index (χ2v) is 11.4. The van der Waals surface area contributed by atoms with E-state index in [0.29, 0.717) is 37.7 Å². The molecule has 3 aliphatic rings. The van der Waals surface area contributed by atoms with E-state index in [1.165, 1.54) is 15.9 Å². The Kier molecular flexibility index (Phi) is 7.27. The molecule has 2 aromatic rings. The van der Waals surface area contributed by atoms with Crippen molar-refractivity contribution in [3.63, 3.8) is 0 Å². The number of benzene rings is 2. The maximum absolute atomic E-state index is 13.3. The molecule has 0 radical (unpaired) electrons. The molecule has 1 amide bonds. The second kappa shape index (κ2) is 10.6. The summed E-state index contributed by atoms with van der Waals surface area (Å²) < 4.78 is 39.9. The highest BCUT2D eigenvalue weighted by Crippen LogP contribution is 2.35. The Bertz CT molecular complexity index is 1120. The van der Waals surface area contributed by atoms with Gasteiger partial charge in [0, 0.05) is 51.9 Å². The van der Waals surface area contributed by atoms with Crippen molar-refractivity contribution in [2.24, 2.45) is 0 Å². The Labute approximate surface area is 207 Å². The van der Waals surface area contributed by atoms with Gasteiger partial charge in [0.25, 0.3) is 5.91 Å². The third kappa shape index (κ3) is 5.47. The summed E-state index contributed by atoms with van der Waals surface area (Å²) in [5, 5.41) is 0. The van der Waals surface area contributed by atoms with E-state index in [2.05, 4.69) is 17.0 Å². The van der Waals surface area contributed by atoms with Crippen molar-refractivity contribution in [1.82, 2.24) is 14.1 Å². The van der Waals surface area contributed by atoms with E-state index in [1.807, 2.05) is 23.1 Å². The van der Waals surface area contributed by atoms with Crippen LogP contribution >= 0.6 is 0 Å². The van der Waals surface area contributed by atoms with Crippen molar-refractivity contribution in [2.75, 3.05) is 45.9 Å². The van der Waals surface area contributed by atoms with Crippen molar-refractivity contribution < 1.29 is 22.7 Å². The van der Waals surface area contributed by atoms with Crippen molar-refractivity contribution >= 4 is 15.9 Å². The molecule has 5 rings (SSSR count). The van der Waals surface area contributed by atoms with Crippen LogP contribution in [-0.2, 0) is 21.4 Å². The Morgan fingerprint density at radius 1 is 0.857 bits per heavy atom. The standard InChI is InChI=1S/C26H33N3O5S/c30-26(28-12-6-1-2-7-13-28)25-20-33-24-18-22(10-11-23(24)34-25)35(31,32)29-16-14-27(15-17-29)19-21-8-4-3-5-9-21/h3-5,8-11,18,25H,1-2,6-7,12-17,19-20H2/t25-/m1/s1. The predicted octanol–water partition coefficient (Wildman–Crippen LogP) is 2.74. The average Bonchev–Trinajstić information content (AvgIpc) is 3.18. The molecule has 3 aliphatic heterocycles. The first kappa shape index (κ1) is 24.1. The summed E-state index contributed by atoms with van der Waals surface area (Å²) in [5.41, 5.74) is 1.23. The van der Waals surface area contributed by atoms with Gasteiger partial charge in [-0.15, -0.1) is 0 Å². The molecule has 3 heterocycles. The van der Waals surface area contributed by atoms with Crippen molar-refractivity contribution in [3.05, 3.63) is 54.1 Å². The summed E-state index contributed by atoms with van der Waals surface area (Å²) in [6.45, 7) is 4.65. The van der Waals surface area contributed by atoms with Crippen LogP contribution in [0.2, 0.25) is 0 Å². The average molecular weight is 500 g/mol. The summed E-state index contributed by atoms with van der Waals surface area (Å²) in [4.78, 5) is 17.2. The molecule has 35 heavy (non-hydrogen) atoms. The third-order valence-corrected chi connectivity index (χ3v) is 8.88. The van der Waals surface area contributed by atoms with Gasteiger partial charge in [0.05, 0.1) is 4.90 Å². The highest BCUT2D eigenvalue weighted by Gasteiger charge is 2.34. The number of fused-ring (bicyclic) bond motifs is 1. The predicted molar refractivity (Wildman–Crippen MR) is 132 cm³/mol. The smallest absolute Gasteiger partial charge is 0.267 e. The number of hydrogen-bond donors (Lipinski definition) is 0. The van der Waals surface area contributed by atoms with Gasteiger partial charge < -0.3 is 14.4 Å². The summed E-state index contributed by atoms with van der Waals surface area (Å²) in [6.07, 6.45) is 3.62. The maximum atomic E-state index is 13.3. The highest BCUT2D eigenvalue weighted by atomic mass is 32.2. The first-order valence-electron chi connectivity index (χ1n) is 12.5. The fraction of sp³-hybridized carbons (Fsp3) is 0.500. The summed E-state index contributed by atoms with van der Waals surface area (Å²) in [6, 6.07) is 14.9. The van der Waals surface area contributed by atoms with E-state index < -0.39 is 16.1 Å². The van der Waals surface area contributed by atoms with Crippen LogP contribution in [0.15, 0.2) is 53.4 Å². The van der Waals surface area contributed by atoms with E-state index in [-0.39, 0.29) is 17.4 Å². The molecule has 0 bridgehead atoms. The van der Waals surface area contributed by atoms with Gasteiger partial charge in [0.1, 0.15) is 6.61 Å². The van der Waals surface area contributed by atoms with E-state index >= 15 is 0 Å². The number of carbonyl (C=O) groups excluding carboxylic acids is 1. The molecule has 2 fully saturated rings. The zero-order valence-electron chi connectivity index (χ0n) is 20.0. The number of amides is 1. The van der Waals surface area contributed by atoms with Gasteiger partial charge in [0.2, 0.25) is 16.1 Å². The lowest BCUT2D eigenvalue weighted by molar-refractivity contribution is -0.141. The van der Waals surface area contributed by atoms with Crippen LogP contribution in [0, 0.1) is 0 Å². The van der Waals surface area contributed by atoms with Crippen LogP contribution in [-0.4, -0.2) is 80.4 Å². The van der Waals surface area contributed by atoms with Crippen LogP contribution in [0.1, 0.15) is 31.2 Å². The first-order chi connectivity index (χ1) is 17.0. The number of sulfonamides is 1. The molecule has 2 saturated heterocycles. The number of rotatable bonds is 5. The Morgan fingerprint density at radius 3 is 2.29 bits per heavy atom. The molecule has 0 spiro atoms. The molecule has 188 valence electrons. The zero-order chi connectivity index (χ0) is 24.3. The molecule has 0 aromatic heterocycles. The number of nitrogens with zero attached hydrogens (tertiary/aromatic N) is 3. The normalized spacial score (nSPS) is 21.9. The van der Waals surface area contributed by atoms with Crippen LogP contribution in [0.25, 0.3) is 0 Å². The minimum absolute atomic E-state index is 0.0531. The first-order valence-corrected chi connectivity index (χ1v) is 13.9. The lowest BCUT2D eigenvalue weighted by atomic mass is 10.2. The monoisotopic (exact) mass is 499 g/mol. The Balaban J connectivity index is 1.21. The van der Waals surface area contributed by atoms with Crippen molar-refractivity contribution in [3.8, 4) is 11.5 Å². The fourth-order valence-corrected chi connectivity index (χ4v) is 6.38. The number of ether oxygens (including phenoxy) is 2.